The average molecular weight is 569 g/mol. The number of rotatable bonds is 3. The first-order valence-corrected chi connectivity index (χ1v) is 17.3. The van der Waals surface area contributed by atoms with Crippen LogP contribution in [0.2, 0.25) is 0 Å². The highest BCUT2D eigenvalue weighted by molar-refractivity contribution is 8.76. The van der Waals surface area contributed by atoms with Crippen LogP contribution in [0.15, 0.2) is 30.3 Å². The van der Waals surface area contributed by atoms with E-state index in [1.165, 1.54) is 30.6 Å². The summed E-state index contributed by atoms with van der Waals surface area (Å²) in [6, 6.07) is 10.9. The van der Waals surface area contributed by atoms with Crippen LogP contribution in [0.25, 0.3) is 0 Å². The van der Waals surface area contributed by atoms with Crippen LogP contribution in [-0.2, 0) is 6.42 Å². The van der Waals surface area contributed by atoms with Crippen molar-refractivity contribution in [3.05, 3.63) is 35.9 Å². The summed E-state index contributed by atoms with van der Waals surface area (Å²) in [6.45, 7) is 16.5. The maximum Gasteiger partial charge on any atom is 0.0279 e. The molecular weight excluding hydrogens is 512 g/mol. The summed E-state index contributed by atoms with van der Waals surface area (Å²) in [7, 11) is 4.15. The normalized spacial score (nSPS) is 23.3. The van der Waals surface area contributed by atoms with Crippen LogP contribution in [-0.4, -0.2) is 116 Å². The molecule has 0 saturated carbocycles. The molecule has 2 rings (SSSR count). The number of hydrogen-bond acceptors (Lipinski definition) is 10. The van der Waals surface area contributed by atoms with Crippen LogP contribution in [0.3, 0.4) is 0 Å². The first kappa shape index (κ1) is 33.8. The summed E-state index contributed by atoms with van der Waals surface area (Å²) in [6.07, 6.45) is 4.91. The van der Waals surface area contributed by atoms with Gasteiger partial charge in [-0.1, -0.05) is 51.9 Å². The molecule has 0 aromatic heterocycles. The number of benzene rings is 1. The summed E-state index contributed by atoms with van der Waals surface area (Å²) >= 11 is 0. The minimum atomic E-state index is 0.642. The first-order valence-electron chi connectivity index (χ1n) is 14.9. The Bertz CT molecular complexity index is 584. The summed E-state index contributed by atoms with van der Waals surface area (Å²) in [5.74, 6) is 1.23. The van der Waals surface area contributed by atoms with E-state index in [9.17, 15) is 0 Å². The fraction of sp³-hybridized carbons (Fsp3) is 0.786. The summed E-state index contributed by atoms with van der Waals surface area (Å²) in [4.78, 5) is 0. The molecule has 1 aromatic carbocycles. The zero-order chi connectivity index (χ0) is 26.6. The summed E-state index contributed by atoms with van der Waals surface area (Å²) in [5, 5.41) is 29.0. The Morgan fingerprint density at radius 1 is 0.526 bits per heavy atom. The standard InChI is InChI=1S/C28H56N8S2/c1-2-6-27(7-3-1)8-9-28-26-36-24-23-35-22-21-34-20-19-33-18-17-32-16-15-31-14-13-30-12-11-29-10-4-5-25-37-38-28/h1-3,6-7,28-36H,4-5,8-26H2. The van der Waals surface area contributed by atoms with E-state index in [1.54, 1.807) is 0 Å². The third kappa shape index (κ3) is 21.4. The Kier molecular flexibility index (Phi) is 23.8. The van der Waals surface area contributed by atoms with Gasteiger partial charge in [-0.25, -0.2) is 0 Å². The molecule has 220 valence electrons. The zero-order valence-electron chi connectivity index (χ0n) is 23.6. The lowest BCUT2D eigenvalue weighted by Crippen LogP contribution is -2.38. The van der Waals surface area contributed by atoms with Gasteiger partial charge in [0.05, 0.1) is 0 Å². The van der Waals surface area contributed by atoms with E-state index in [-0.39, 0.29) is 0 Å². The van der Waals surface area contributed by atoms with Gasteiger partial charge in [0.1, 0.15) is 0 Å². The highest BCUT2D eigenvalue weighted by Gasteiger charge is 2.10. The first-order chi connectivity index (χ1) is 18.9. The highest BCUT2D eigenvalue weighted by atomic mass is 33.1. The predicted molar refractivity (Wildman–Crippen MR) is 171 cm³/mol. The maximum atomic E-state index is 3.70. The number of nitrogens with one attached hydrogen (secondary N) is 8. The lowest BCUT2D eigenvalue weighted by molar-refractivity contribution is 0.543. The molecule has 8 nitrogen and oxygen atoms in total. The smallest absolute Gasteiger partial charge is 0.0279 e. The van der Waals surface area contributed by atoms with Gasteiger partial charge < -0.3 is 42.5 Å². The van der Waals surface area contributed by atoms with Gasteiger partial charge in [-0.2, -0.15) is 0 Å². The quantitative estimate of drug-likeness (QED) is 0.251. The van der Waals surface area contributed by atoms with Crippen molar-refractivity contribution >= 4 is 21.6 Å². The third-order valence-corrected chi connectivity index (χ3v) is 9.35. The SMILES string of the molecule is c1ccc(CCC2CNCCNCCNCCNCCNCCNCCNCCNCCCCSS2)cc1. The summed E-state index contributed by atoms with van der Waals surface area (Å²) in [5.41, 5.74) is 1.45. The van der Waals surface area contributed by atoms with Crippen molar-refractivity contribution in [3.8, 4) is 0 Å². The lowest BCUT2D eigenvalue weighted by Gasteiger charge is -2.17. The van der Waals surface area contributed by atoms with Crippen molar-refractivity contribution in [1.82, 2.24) is 42.5 Å². The predicted octanol–water partition coefficient (Wildman–Crippen LogP) is 0.880. The fourth-order valence-corrected chi connectivity index (χ4v) is 6.81. The Morgan fingerprint density at radius 2 is 0.974 bits per heavy atom. The lowest BCUT2D eigenvalue weighted by atomic mass is 10.1. The Balaban J connectivity index is 1.62. The van der Waals surface area contributed by atoms with Crippen molar-refractivity contribution in [2.75, 3.05) is 110 Å². The molecule has 1 heterocycles. The molecular formula is C28H56N8S2. The van der Waals surface area contributed by atoms with Gasteiger partial charge in [-0.05, 0) is 37.8 Å². The molecule has 1 unspecified atom stereocenters. The second kappa shape index (κ2) is 26.8. The number of hydrogen-bond donors (Lipinski definition) is 8. The van der Waals surface area contributed by atoms with Crippen LogP contribution in [0.4, 0.5) is 0 Å². The van der Waals surface area contributed by atoms with E-state index in [4.69, 9.17) is 0 Å². The number of aryl methyl sites for hydroxylation is 1. The van der Waals surface area contributed by atoms with Gasteiger partial charge in [0.2, 0.25) is 0 Å². The molecule has 1 atom stereocenters. The fourth-order valence-electron chi connectivity index (χ4n) is 4.09. The molecule has 1 aliphatic heterocycles. The molecule has 0 aliphatic carbocycles. The molecule has 38 heavy (non-hydrogen) atoms. The van der Waals surface area contributed by atoms with E-state index in [2.05, 4.69) is 94.5 Å². The molecule has 10 heteroatoms. The Hall–Kier alpha value is -0.400. The van der Waals surface area contributed by atoms with Gasteiger partial charge in [0, 0.05) is 109 Å². The monoisotopic (exact) mass is 568 g/mol. The van der Waals surface area contributed by atoms with Gasteiger partial charge >= 0.3 is 0 Å². The zero-order valence-corrected chi connectivity index (χ0v) is 25.3. The molecule has 1 aliphatic rings. The molecule has 0 bridgehead atoms. The van der Waals surface area contributed by atoms with Crippen molar-refractivity contribution < 1.29 is 0 Å². The van der Waals surface area contributed by atoms with Crippen molar-refractivity contribution in [3.63, 3.8) is 0 Å². The van der Waals surface area contributed by atoms with Crippen molar-refractivity contribution in [2.45, 2.75) is 30.9 Å². The van der Waals surface area contributed by atoms with Crippen molar-refractivity contribution in [1.29, 1.82) is 0 Å². The summed E-state index contributed by atoms with van der Waals surface area (Å²) < 4.78 is 0. The minimum Gasteiger partial charge on any atom is -0.315 e. The topological polar surface area (TPSA) is 96.2 Å². The molecule has 1 aromatic rings. The van der Waals surface area contributed by atoms with Gasteiger partial charge in [0.25, 0.3) is 0 Å². The van der Waals surface area contributed by atoms with Gasteiger partial charge in [-0.3, -0.25) is 0 Å². The van der Waals surface area contributed by atoms with Crippen LogP contribution >= 0.6 is 21.6 Å². The molecule has 0 spiro atoms. The second-order valence-electron chi connectivity index (χ2n) is 9.73. The highest BCUT2D eigenvalue weighted by Crippen LogP contribution is 2.30. The van der Waals surface area contributed by atoms with Crippen LogP contribution in [0.1, 0.15) is 24.8 Å². The van der Waals surface area contributed by atoms with E-state index in [0.717, 1.165) is 111 Å². The minimum absolute atomic E-state index is 0.642. The molecule has 0 amide bonds. The Labute approximate surface area is 240 Å². The third-order valence-electron chi connectivity index (χ3n) is 6.36. The average Bonchev–Trinajstić information content (AvgIpc) is 2.94. The maximum absolute atomic E-state index is 3.70. The van der Waals surface area contributed by atoms with Gasteiger partial charge in [-0.15, -0.1) is 0 Å². The Morgan fingerprint density at radius 3 is 1.47 bits per heavy atom. The van der Waals surface area contributed by atoms with E-state index < -0.39 is 0 Å². The molecule has 8 N–H and O–H groups in total. The molecule has 1 saturated heterocycles. The van der Waals surface area contributed by atoms with Gasteiger partial charge in [0.15, 0.2) is 0 Å². The van der Waals surface area contributed by atoms with E-state index in [1.807, 2.05) is 0 Å². The van der Waals surface area contributed by atoms with E-state index in [0.29, 0.717) is 5.25 Å². The molecule has 0 radical (unpaired) electrons. The van der Waals surface area contributed by atoms with Crippen LogP contribution in [0.5, 0.6) is 0 Å². The van der Waals surface area contributed by atoms with Crippen LogP contribution in [0, 0.1) is 0 Å². The molecule has 1 fully saturated rings. The van der Waals surface area contributed by atoms with Crippen LogP contribution < -0.4 is 42.5 Å². The van der Waals surface area contributed by atoms with E-state index >= 15 is 0 Å². The second-order valence-corrected chi connectivity index (χ2v) is 12.5. The van der Waals surface area contributed by atoms with Crippen molar-refractivity contribution in [2.24, 2.45) is 0 Å². The largest absolute Gasteiger partial charge is 0.315 e.